The fourth-order valence-electron chi connectivity index (χ4n) is 2.58. The molecule has 0 saturated heterocycles. The standard InChI is InChI=1S/C14H23N5O3/c1-3-18-10(6-4-7-15)16-12-11(18)13(20)17-14(21)19(12)8-5-9-22-2/h3-9,15H2,1-2H3,(H,17,20,21). The zero-order valence-electron chi connectivity index (χ0n) is 13.1. The predicted molar refractivity (Wildman–Crippen MR) is 84.2 cm³/mol. The molecule has 0 aliphatic carbocycles. The lowest BCUT2D eigenvalue weighted by Crippen LogP contribution is -2.31. The molecule has 2 heterocycles. The number of hydrogen-bond donors (Lipinski definition) is 2. The van der Waals surface area contributed by atoms with Crippen LogP contribution in [0.25, 0.3) is 11.2 Å². The maximum absolute atomic E-state index is 12.2. The first-order chi connectivity index (χ1) is 10.6. The van der Waals surface area contributed by atoms with E-state index in [0.29, 0.717) is 50.2 Å². The first-order valence-corrected chi connectivity index (χ1v) is 7.55. The van der Waals surface area contributed by atoms with Crippen molar-refractivity contribution >= 4 is 11.2 Å². The first kappa shape index (κ1) is 16.4. The summed E-state index contributed by atoms with van der Waals surface area (Å²) in [5.74, 6) is 0.791. The Kier molecular flexibility index (Phi) is 5.51. The minimum atomic E-state index is -0.431. The Morgan fingerprint density at radius 1 is 1.27 bits per heavy atom. The van der Waals surface area contributed by atoms with Crippen LogP contribution in [0.15, 0.2) is 9.59 Å². The van der Waals surface area contributed by atoms with Crippen LogP contribution in [0.3, 0.4) is 0 Å². The highest BCUT2D eigenvalue weighted by molar-refractivity contribution is 5.71. The Hall–Kier alpha value is -1.93. The molecule has 2 aromatic heterocycles. The van der Waals surface area contributed by atoms with Crippen LogP contribution < -0.4 is 17.0 Å². The molecule has 122 valence electrons. The molecule has 0 aliphatic rings. The molecule has 0 atom stereocenters. The topological polar surface area (TPSA) is 108 Å². The Balaban J connectivity index is 2.57. The number of nitrogens with one attached hydrogen (secondary N) is 1. The van der Waals surface area contributed by atoms with E-state index in [9.17, 15) is 9.59 Å². The minimum absolute atomic E-state index is 0.392. The molecule has 0 radical (unpaired) electrons. The lowest BCUT2D eigenvalue weighted by molar-refractivity contribution is 0.190. The minimum Gasteiger partial charge on any atom is -0.385 e. The normalized spacial score (nSPS) is 11.4. The number of nitrogens with zero attached hydrogens (tertiary/aromatic N) is 3. The van der Waals surface area contributed by atoms with Crippen molar-refractivity contribution in [2.75, 3.05) is 20.3 Å². The van der Waals surface area contributed by atoms with Crippen molar-refractivity contribution < 1.29 is 4.74 Å². The van der Waals surface area contributed by atoms with Crippen molar-refractivity contribution in [3.63, 3.8) is 0 Å². The number of H-pyrrole nitrogens is 1. The second-order valence-electron chi connectivity index (χ2n) is 5.09. The van der Waals surface area contributed by atoms with Gasteiger partial charge in [-0.25, -0.2) is 9.78 Å². The molecule has 0 fully saturated rings. The smallest absolute Gasteiger partial charge is 0.330 e. The van der Waals surface area contributed by atoms with Crippen molar-refractivity contribution in [2.24, 2.45) is 5.73 Å². The summed E-state index contributed by atoms with van der Waals surface area (Å²) in [4.78, 5) is 31.1. The van der Waals surface area contributed by atoms with Crippen LogP contribution in [-0.4, -0.2) is 39.4 Å². The predicted octanol–water partition coefficient (Wildman–Crippen LogP) is -0.166. The molecule has 8 heteroatoms. The van der Waals surface area contributed by atoms with E-state index < -0.39 is 11.2 Å². The summed E-state index contributed by atoms with van der Waals surface area (Å²) < 4.78 is 8.38. The van der Waals surface area contributed by atoms with Crippen LogP contribution in [0.1, 0.15) is 25.6 Å². The molecule has 3 N–H and O–H groups in total. The molecule has 8 nitrogen and oxygen atoms in total. The highest BCUT2D eigenvalue weighted by Gasteiger charge is 2.17. The van der Waals surface area contributed by atoms with Crippen molar-refractivity contribution in [1.29, 1.82) is 0 Å². The Bertz CT molecular complexity index is 743. The van der Waals surface area contributed by atoms with Crippen molar-refractivity contribution in [1.82, 2.24) is 19.1 Å². The van der Waals surface area contributed by atoms with Gasteiger partial charge in [0.2, 0.25) is 0 Å². The van der Waals surface area contributed by atoms with E-state index in [1.165, 1.54) is 4.57 Å². The van der Waals surface area contributed by atoms with Gasteiger partial charge in [-0.05, 0) is 26.3 Å². The van der Waals surface area contributed by atoms with Crippen molar-refractivity contribution in [3.05, 3.63) is 26.7 Å². The van der Waals surface area contributed by atoms with Gasteiger partial charge in [0.25, 0.3) is 5.56 Å². The average molecular weight is 309 g/mol. The molecule has 0 saturated carbocycles. The fraction of sp³-hybridized carbons (Fsp3) is 0.643. The molecule has 0 unspecified atom stereocenters. The van der Waals surface area contributed by atoms with Gasteiger partial charge in [-0.15, -0.1) is 0 Å². The summed E-state index contributed by atoms with van der Waals surface area (Å²) in [6.07, 6.45) is 2.15. The van der Waals surface area contributed by atoms with Gasteiger partial charge in [0.1, 0.15) is 5.82 Å². The number of ether oxygens (including phenoxy) is 1. The highest BCUT2D eigenvalue weighted by atomic mass is 16.5. The number of imidazole rings is 1. The van der Waals surface area contributed by atoms with Gasteiger partial charge in [-0.3, -0.25) is 14.3 Å². The second kappa shape index (κ2) is 7.37. The number of hydrogen-bond acceptors (Lipinski definition) is 5. The van der Waals surface area contributed by atoms with Crippen molar-refractivity contribution in [3.8, 4) is 0 Å². The largest absolute Gasteiger partial charge is 0.385 e. The van der Waals surface area contributed by atoms with Crippen LogP contribution in [0.5, 0.6) is 0 Å². The van der Waals surface area contributed by atoms with Crippen LogP contribution in [0, 0.1) is 0 Å². The molecular formula is C14H23N5O3. The monoisotopic (exact) mass is 309 g/mol. The van der Waals surface area contributed by atoms with E-state index in [-0.39, 0.29) is 0 Å². The van der Waals surface area contributed by atoms with Crippen LogP contribution in [-0.2, 0) is 24.2 Å². The van der Waals surface area contributed by atoms with Gasteiger partial charge >= 0.3 is 5.69 Å². The van der Waals surface area contributed by atoms with Crippen molar-refractivity contribution in [2.45, 2.75) is 39.3 Å². The van der Waals surface area contributed by atoms with Gasteiger partial charge in [0.15, 0.2) is 11.2 Å². The lowest BCUT2D eigenvalue weighted by Gasteiger charge is -2.06. The van der Waals surface area contributed by atoms with Gasteiger partial charge in [-0.1, -0.05) is 0 Å². The summed E-state index contributed by atoms with van der Waals surface area (Å²) in [7, 11) is 1.61. The molecule has 0 amide bonds. The number of methoxy groups -OCH3 is 1. The van der Waals surface area contributed by atoms with Gasteiger partial charge in [-0.2, -0.15) is 0 Å². The molecule has 2 rings (SSSR count). The zero-order valence-corrected chi connectivity index (χ0v) is 13.1. The van der Waals surface area contributed by atoms with E-state index >= 15 is 0 Å². The number of fused-ring (bicyclic) bond motifs is 1. The van der Waals surface area contributed by atoms with Gasteiger partial charge in [0, 0.05) is 33.2 Å². The SMILES string of the molecule is CCn1c(CCCN)nc2c1c(=O)[nH]c(=O)n2CCCOC. The van der Waals surface area contributed by atoms with Crippen LogP contribution in [0.2, 0.25) is 0 Å². The van der Waals surface area contributed by atoms with E-state index in [1.54, 1.807) is 7.11 Å². The number of rotatable bonds is 8. The number of nitrogens with two attached hydrogens (primary N) is 1. The Morgan fingerprint density at radius 3 is 2.68 bits per heavy atom. The number of aromatic amines is 1. The van der Waals surface area contributed by atoms with Crippen LogP contribution in [0.4, 0.5) is 0 Å². The average Bonchev–Trinajstić information content (AvgIpc) is 2.87. The third-order valence-corrected chi connectivity index (χ3v) is 3.62. The second-order valence-corrected chi connectivity index (χ2v) is 5.09. The van der Waals surface area contributed by atoms with Gasteiger partial charge in [0.05, 0.1) is 0 Å². The lowest BCUT2D eigenvalue weighted by atomic mass is 10.3. The molecule has 0 aromatic carbocycles. The molecule has 0 spiro atoms. The fourth-order valence-corrected chi connectivity index (χ4v) is 2.58. The summed E-state index contributed by atoms with van der Waals surface area (Å²) >= 11 is 0. The molecular weight excluding hydrogens is 286 g/mol. The summed E-state index contributed by atoms with van der Waals surface area (Å²) in [6.45, 7) is 4.13. The third-order valence-electron chi connectivity index (χ3n) is 3.62. The molecule has 22 heavy (non-hydrogen) atoms. The molecule has 0 bridgehead atoms. The van der Waals surface area contributed by atoms with E-state index in [1.807, 2.05) is 11.5 Å². The summed E-state index contributed by atoms with van der Waals surface area (Å²) in [6, 6.07) is 0. The Labute approximate surface area is 127 Å². The molecule has 0 aliphatic heterocycles. The van der Waals surface area contributed by atoms with E-state index in [0.717, 1.165) is 12.2 Å². The van der Waals surface area contributed by atoms with Gasteiger partial charge < -0.3 is 15.0 Å². The maximum Gasteiger partial charge on any atom is 0.330 e. The van der Waals surface area contributed by atoms with E-state index in [4.69, 9.17) is 10.5 Å². The first-order valence-electron chi connectivity index (χ1n) is 7.55. The zero-order chi connectivity index (χ0) is 16.1. The molecule has 2 aromatic rings. The number of aromatic nitrogens is 4. The number of aryl methyl sites for hydroxylation is 3. The Morgan fingerprint density at radius 2 is 2.05 bits per heavy atom. The van der Waals surface area contributed by atoms with Crippen LogP contribution >= 0.6 is 0 Å². The van der Waals surface area contributed by atoms with E-state index in [2.05, 4.69) is 9.97 Å². The quantitative estimate of drug-likeness (QED) is 0.658. The summed E-state index contributed by atoms with van der Waals surface area (Å²) in [5.41, 5.74) is 5.62. The summed E-state index contributed by atoms with van der Waals surface area (Å²) in [5, 5.41) is 0. The highest BCUT2D eigenvalue weighted by Crippen LogP contribution is 2.13. The third kappa shape index (κ3) is 3.12. The maximum atomic E-state index is 12.2.